The predicted octanol–water partition coefficient (Wildman–Crippen LogP) is 12.6. The van der Waals surface area contributed by atoms with Gasteiger partial charge in [0.05, 0.1) is 8.22 Å². The minimum absolute atomic E-state index is 0.0293. The van der Waals surface area contributed by atoms with Crippen LogP contribution in [0.5, 0.6) is 0 Å². The Labute approximate surface area is 270 Å². The third kappa shape index (κ3) is 4.24. The average molecular weight is 579 g/mol. The second-order valence-corrected chi connectivity index (χ2v) is 11.2. The molecule has 9 rings (SSSR count). The van der Waals surface area contributed by atoms with E-state index in [0.717, 1.165) is 43.8 Å². The van der Waals surface area contributed by atoms with E-state index in [9.17, 15) is 4.11 Å². The van der Waals surface area contributed by atoms with Gasteiger partial charge in [0.1, 0.15) is 11.2 Å². The lowest BCUT2D eigenvalue weighted by Gasteiger charge is -2.18. The Morgan fingerprint density at radius 3 is 1.49 bits per heavy atom. The van der Waals surface area contributed by atoms with Crippen LogP contribution in [0.15, 0.2) is 174 Å². The summed E-state index contributed by atoms with van der Waals surface area (Å²) in [4.78, 5) is 0. The molecule has 0 saturated carbocycles. The Balaban J connectivity index is 1.38. The molecule has 1 aromatic heterocycles. The standard InChI is InChI=1S/C44H28O/c1-3-12-29(13-4-1)31-16-11-17-33(26-31)43-36-18-7-9-20-38(36)44(39-21-10-8-19-37(39)43)34-23-25-41-40(27-34)35-24-22-32(28-42(35)45-41)30-14-5-2-6-15-30/h1-28H/i22D,23D,24D,25D,27D,28D. The molecule has 210 valence electrons. The van der Waals surface area contributed by atoms with E-state index in [2.05, 4.69) is 48.5 Å². The van der Waals surface area contributed by atoms with Crippen molar-refractivity contribution in [3.63, 3.8) is 0 Å². The second kappa shape index (κ2) is 10.4. The molecule has 0 aliphatic rings. The van der Waals surface area contributed by atoms with Crippen LogP contribution in [-0.2, 0) is 0 Å². The van der Waals surface area contributed by atoms with Gasteiger partial charge in [-0.2, -0.15) is 0 Å². The number of rotatable bonds is 4. The fraction of sp³-hybridized carbons (Fsp3) is 0. The zero-order valence-electron chi connectivity index (χ0n) is 30.1. The van der Waals surface area contributed by atoms with Gasteiger partial charge in [0.15, 0.2) is 0 Å². The molecule has 1 heterocycles. The molecular formula is C44H28O. The van der Waals surface area contributed by atoms with E-state index in [4.69, 9.17) is 8.53 Å². The van der Waals surface area contributed by atoms with Crippen molar-refractivity contribution >= 4 is 43.5 Å². The molecule has 0 radical (unpaired) electrons. The lowest BCUT2D eigenvalue weighted by molar-refractivity contribution is 0.669. The minimum Gasteiger partial charge on any atom is -0.456 e. The first-order valence-corrected chi connectivity index (χ1v) is 15.0. The molecule has 45 heavy (non-hydrogen) atoms. The summed E-state index contributed by atoms with van der Waals surface area (Å²) in [5, 5.41) is 3.83. The van der Waals surface area contributed by atoms with Crippen LogP contribution in [0.1, 0.15) is 8.22 Å². The number of fused-ring (bicyclic) bond motifs is 5. The van der Waals surface area contributed by atoms with Crippen LogP contribution < -0.4 is 0 Å². The molecule has 1 heteroatoms. The van der Waals surface area contributed by atoms with Gasteiger partial charge >= 0.3 is 0 Å². The number of benzene rings is 8. The molecular weight excluding hydrogens is 544 g/mol. The van der Waals surface area contributed by atoms with Crippen molar-refractivity contribution in [1.82, 2.24) is 0 Å². The zero-order valence-corrected chi connectivity index (χ0v) is 24.1. The predicted molar refractivity (Wildman–Crippen MR) is 190 cm³/mol. The van der Waals surface area contributed by atoms with Gasteiger partial charge in [-0.3, -0.25) is 0 Å². The van der Waals surface area contributed by atoms with Crippen LogP contribution in [0.3, 0.4) is 0 Å². The van der Waals surface area contributed by atoms with E-state index in [0.29, 0.717) is 11.1 Å². The molecule has 0 spiro atoms. The van der Waals surface area contributed by atoms with Crippen molar-refractivity contribution in [3.05, 3.63) is 170 Å². The van der Waals surface area contributed by atoms with Crippen molar-refractivity contribution in [2.75, 3.05) is 0 Å². The molecule has 0 saturated heterocycles. The van der Waals surface area contributed by atoms with E-state index >= 15 is 0 Å². The molecule has 0 atom stereocenters. The average Bonchev–Trinajstić information content (AvgIpc) is 3.59. The van der Waals surface area contributed by atoms with Gasteiger partial charge in [0.2, 0.25) is 0 Å². The Kier molecular flexibility index (Phi) is 4.63. The summed E-state index contributed by atoms with van der Waals surface area (Å²) in [5.41, 5.74) is 6.02. The highest BCUT2D eigenvalue weighted by Crippen LogP contribution is 2.45. The van der Waals surface area contributed by atoms with Crippen LogP contribution in [-0.4, -0.2) is 0 Å². The number of hydrogen-bond donors (Lipinski definition) is 0. The van der Waals surface area contributed by atoms with Crippen molar-refractivity contribution in [2.24, 2.45) is 0 Å². The highest BCUT2D eigenvalue weighted by molar-refractivity contribution is 6.22. The van der Waals surface area contributed by atoms with Crippen molar-refractivity contribution < 1.29 is 12.6 Å². The smallest absolute Gasteiger partial charge is 0.136 e. The largest absolute Gasteiger partial charge is 0.456 e. The highest BCUT2D eigenvalue weighted by atomic mass is 16.3. The summed E-state index contributed by atoms with van der Waals surface area (Å²) >= 11 is 0. The van der Waals surface area contributed by atoms with Crippen LogP contribution in [0.2, 0.25) is 0 Å². The molecule has 8 aromatic carbocycles. The lowest BCUT2D eigenvalue weighted by atomic mass is 9.85. The van der Waals surface area contributed by atoms with Crippen molar-refractivity contribution in [1.29, 1.82) is 0 Å². The number of hydrogen-bond acceptors (Lipinski definition) is 1. The molecule has 0 amide bonds. The van der Waals surface area contributed by atoms with E-state index < -0.39 is 0 Å². The van der Waals surface area contributed by atoms with E-state index in [1.165, 1.54) is 0 Å². The summed E-state index contributed by atoms with van der Waals surface area (Å²) in [5.74, 6) is 0. The van der Waals surface area contributed by atoms with Crippen LogP contribution in [0.25, 0.3) is 88.0 Å². The highest BCUT2D eigenvalue weighted by Gasteiger charge is 2.18. The number of furan rings is 1. The molecule has 0 aliphatic carbocycles. The maximum atomic E-state index is 9.69. The maximum absolute atomic E-state index is 9.69. The normalized spacial score (nSPS) is 13.4. The van der Waals surface area contributed by atoms with E-state index in [1.54, 1.807) is 12.1 Å². The van der Waals surface area contributed by atoms with E-state index in [-0.39, 0.29) is 69.3 Å². The Morgan fingerprint density at radius 1 is 0.333 bits per heavy atom. The molecule has 1 nitrogen and oxygen atoms in total. The minimum atomic E-state index is -0.230. The van der Waals surface area contributed by atoms with E-state index in [1.807, 2.05) is 72.8 Å². The van der Waals surface area contributed by atoms with Gasteiger partial charge in [0, 0.05) is 10.8 Å². The summed E-state index contributed by atoms with van der Waals surface area (Å²) in [6.07, 6.45) is 0. The molecule has 0 bridgehead atoms. The first-order valence-electron chi connectivity index (χ1n) is 18.0. The second-order valence-electron chi connectivity index (χ2n) is 11.2. The summed E-state index contributed by atoms with van der Waals surface area (Å²) in [6, 6.07) is 42.8. The fourth-order valence-electron chi connectivity index (χ4n) is 6.46. The molecule has 0 N–H and O–H groups in total. The van der Waals surface area contributed by atoms with Gasteiger partial charge in [-0.1, -0.05) is 139 Å². The van der Waals surface area contributed by atoms with Gasteiger partial charge < -0.3 is 4.42 Å². The Morgan fingerprint density at radius 2 is 0.844 bits per heavy atom. The van der Waals surface area contributed by atoms with Crippen molar-refractivity contribution in [2.45, 2.75) is 0 Å². The molecule has 0 aliphatic heterocycles. The van der Waals surface area contributed by atoms with Gasteiger partial charge in [-0.25, -0.2) is 0 Å². The summed E-state index contributed by atoms with van der Waals surface area (Å²) in [6.45, 7) is 0. The van der Waals surface area contributed by atoms with Gasteiger partial charge in [0.25, 0.3) is 0 Å². The quantitative estimate of drug-likeness (QED) is 0.189. The lowest BCUT2D eigenvalue weighted by Crippen LogP contribution is -1.91. The third-order valence-corrected chi connectivity index (χ3v) is 8.51. The van der Waals surface area contributed by atoms with Gasteiger partial charge in [-0.15, -0.1) is 0 Å². The van der Waals surface area contributed by atoms with Crippen molar-refractivity contribution in [3.8, 4) is 44.5 Å². The maximum Gasteiger partial charge on any atom is 0.136 e. The molecule has 0 fully saturated rings. The van der Waals surface area contributed by atoms with Gasteiger partial charge in [-0.05, 0) is 96.3 Å². The Hall–Kier alpha value is -5.92. The first kappa shape index (κ1) is 20.1. The topological polar surface area (TPSA) is 13.1 Å². The first-order chi connectivity index (χ1) is 24.8. The third-order valence-electron chi connectivity index (χ3n) is 8.51. The summed E-state index contributed by atoms with van der Waals surface area (Å²) < 4.78 is 61.5. The summed E-state index contributed by atoms with van der Waals surface area (Å²) in [7, 11) is 0. The Bertz CT molecular complexity index is 2800. The zero-order chi connectivity index (χ0) is 35.0. The fourth-order valence-corrected chi connectivity index (χ4v) is 6.46. The van der Waals surface area contributed by atoms with Crippen LogP contribution >= 0.6 is 0 Å². The molecule has 0 unspecified atom stereocenters. The van der Waals surface area contributed by atoms with Crippen LogP contribution in [0.4, 0.5) is 0 Å². The van der Waals surface area contributed by atoms with Crippen LogP contribution in [0, 0.1) is 0 Å². The monoisotopic (exact) mass is 578 g/mol. The SMILES string of the molecule is [2H]c1c(-c2c3ccccc3c(-c3cccc(-c4ccccc4)c3)c3ccccc23)c([2H])c2c(oc3c([2H])c(-c4ccccc4)c([2H])c([2H])c32)c1[2H]. The molecule has 9 aromatic rings.